The van der Waals surface area contributed by atoms with Crippen LogP contribution in [0.25, 0.3) is 0 Å². The fourth-order valence-corrected chi connectivity index (χ4v) is 0.191. The van der Waals surface area contributed by atoms with Gasteiger partial charge in [0.05, 0.1) is 0 Å². The van der Waals surface area contributed by atoms with E-state index in [1.807, 2.05) is 0 Å². The summed E-state index contributed by atoms with van der Waals surface area (Å²) in [5.74, 6) is -0.509. The second-order valence-electron chi connectivity index (χ2n) is 0.740. The van der Waals surface area contributed by atoms with Crippen LogP contribution < -0.4 is 5.73 Å². The Morgan fingerprint density at radius 3 is 2.50 bits per heavy atom. The molecule has 0 heterocycles. The van der Waals surface area contributed by atoms with Crippen LogP contribution in [0, 0.1) is 0 Å². The van der Waals surface area contributed by atoms with E-state index in [0.29, 0.717) is 0 Å². The van der Waals surface area contributed by atoms with Crippen molar-refractivity contribution in [2.24, 2.45) is 5.73 Å². The summed E-state index contributed by atoms with van der Waals surface area (Å²) in [5, 5.41) is 0. The first-order valence-electron chi connectivity index (χ1n) is 1.32. The van der Waals surface area contributed by atoms with E-state index in [2.05, 4.69) is 22.8 Å². The van der Waals surface area contributed by atoms with E-state index in [1.165, 1.54) is 0 Å². The molecule has 2 N–H and O–H groups in total. The van der Waals surface area contributed by atoms with E-state index in [4.69, 9.17) is 0 Å². The predicted molar refractivity (Wildman–Crippen MR) is 24.1 cm³/mol. The van der Waals surface area contributed by atoms with E-state index in [0.717, 1.165) is 0 Å². The summed E-state index contributed by atoms with van der Waals surface area (Å²) in [6.07, 6.45) is 0. The minimum atomic E-state index is -0.509. The molecule has 0 aliphatic rings. The summed E-state index contributed by atoms with van der Waals surface area (Å²) in [7, 11) is 0. The molecular weight excluding hydrogens is 102 g/mol. The minimum absolute atomic E-state index is 0.122. The molecule has 4 heteroatoms. The van der Waals surface area contributed by atoms with E-state index in [9.17, 15) is 4.79 Å². The Kier molecular flexibility index (Phi) is 2.88. The Balaban J connectivity index is 2.83. The molecule has 36 valence electrons. The Morgan fingerprint density at radius 1 is 2.00 bits per heavy atom. The zero-order valence-electron chi connectivity index (χ0n) is 3.05. The lowest BCUT2D eigenvalue weighted by atomic mass is 10.7. The third-order valence-corrected chi connectivity index (χ3v) is 0.336. The number of hydrogen-bond donors (Lipinski definition) is 2. The fourth-order valence-electron chi connectivity index (χ4n) is 0.0636. The largest absolute Gasteiger partial charge is 0.368 e. The van der Waals surface area contributed by atoms with Gasteiger partial charge in [-0.1, -0.05) is 0 Å². The number of hydrogen-bond acceptors (Lipinski definition) is 3. The average molecular weight is 107 g/mol. The third-order valence-electron chi connectivity index (χ3n) is 0.207. The van der Waals surface area contributed by atoms with Crippen molar-refractivity contribution in [3.63, 3.8) is 0 Å². The highest BCUT2D eigenvalue weighted by Gasteiger charge is 1.85. The van der Waals surface area contributed by atoms with Crippen molar-refractivity contribution in [1.29, 1.82) is 0 Å². The van der Waals surface area contributed by atoms with E-state index in [-0.39, 0.29) is 6.61 Å². The molecule has 0 saturated carbocycles. The van der Waals surface area contributed by atoms with E-state index < -0.39 is 5.91 Å². The Hall–Kier alpha value is -0.220. The maximum Gasteiger partial charge on any atom is 0.244 e. The quantitative estimate of drug-likeness (QED) is 0.363. The van der Waals surface area contributed by atoms with Gasteiger partial charge in [-0.2, -0.15) is 0 Å². The number of carbonyl (C=O) groups is 1. The highest BCUT2D eigenvalue weighted by atomic mass is 32.1. The maximum atomic E-state index is 9.65. The molecule has 0 aromatic heterocycles. The molecule has 0 fully saturated rings. The van der Waals surface area contributed by atoms with Gasteiger partial charge in [-0.3, -0.25) is 4.79 Å². The van der Waals surface area contributed by atoms with Crippen LogP contribution >= 0.6 is 12.9 Å². The smallest absolute Gasteiger partial charge is 0.244 e. The van der Waals surface area contributed by atoms with Gasteiger partial charge in [0.25, 0.3) is 0 Å². The first kappa shape index (κ1) is 5.78. The molecular formula is C2H5NO2S. The van der Waals surface area contributed by atoms with Crippen molar-refractivity contribution in [3.05, 3.63) is 0 Å². The fraction of sp³-hybridized carbons (Fsp3) is 0.500. The zero-order chi connectivity index (χ0) is 4.99. The molecule has 0 rings (SSSR count). The first-order valence-corrected chi connectivity index (χ1v) is 1.68. The molecule has 1 amide bonds. The second kappa shape index (κ2) is 2.99. The Morgan fingerprint density at radius 2 is 2.50 bits per heavy atom. The standard InChI is InChI=1S/C2H5NO2S/c3-2(4)1-5-6/h6H,1H2,(H2,3,4). The monoisotopic (exact) mass is 107 g/mol. The number of amides is 1. The number of thiol groups is 1. The number of primary amides is 1. The van der Waals surface area contributed by atoms with Crippen molar-refractivity contribution in [3.8, 4) is 0 Å². The van der Waals surface area contributed by atoms with Gasteiger partial charge in [-0.05, 0) is 12.9 Å². The molecule has 0 aromatic carbocycles. The van der Waals surface area contributed by atoms with Crippen LogP contribution in [0.4, 0.5) is 0 Å². The highest BCUT2D eigenvalue weighted by molar-refractivity contribution is 7.75. The van der Waals surface area contributed by atoms with Crippen LogP contribution in [-0.4, -0.2) is 12.5 Å². The molecule has 0 unspecified atom stereocenters. The van der Waals surface area contributed by atoms with Crippen LogP contribution in [0.2, 0.25) is 0 Å². The van der Waals surface area contributed by atoms with Crippen molar-refractivity contribution >= 4 is 18.8 Å². The van der Waals surface area contributed by atoms with E-state index >= 15 is 0 Å². The summed E-state index contributed by atoms with van der Waals surface area (Å²) < 4.78 is 4.02. The average Bonchev–Trinajstić information content (AvgIpc) is 1.35. The third kappa shape index (κ3) is 3.78. The van der Waals surface area contributed by atoms with Crippen molar-refractivity contribution in [2.75, 3.05) is 6.61 Å². The zero-order valence-corrected chi connectivity index (χ0v) is 3.94. The normalized spacial score (nSPS) is 8.17. The van der Waals surface area contributed by atoms with Gasteiger partial charge in [-0.15, -0.1) is 0 Å². The van der Waals surface area contributed by atoms with E-state index in [1.54, 1.807) is 0 Å². The summed E-state index contributed by atoms with van der Waals surface area (Å²) in [5.41, 5.74) is 4.59. The summed E-state index contributed by atoms with van der Waals surface area (Å²) in [6, 6.07) is 0. The summed E-state index contributed by atoms with van der Waals surface area (Å²) >= 11 is 3.26. The highest BCUT2D eigenvalue weighted by Crippen LogP contribution is 1.72. The van der Waals surface area contributed by atoms with Gasteiger partial charge in [0.15, 0.2) is 0 Å². The molecule has 0 aromatic rings. The molecule has 0 spiro atoms. The SMILES string of the molecule is NC(=O)COS. The van der Waals surface area contributed by atoms with Gasteiger partial charge in [0.2, 0.25) is 5.91 Å². The lowest BCUT2D eigenvalue weighted by Gasteiger charge is -1.83. The molecule has 0 atom stereocenters. The number of rotatable bonds is 2. The topological polar surface area (TPSA) is 52.3 Å². The van der Waals surface area contributed by atoms with Crippen molar-refractivity contribution in [1.82, 2.24) is 0 Å². The molecule has 0 aliphatic carbocycles. The van der Waals surface area contributed by atoms with Gasteiger partial charge in [0.1, 0.15) is 6.61 Å². The predicted octanol–water partition coefficient (Wildman–Crippen LogP) is -0.667. The van der Waals surface area contributed by atoms with Gasteiger partial charge >= 0.3 is 0 Å². The lowest BCUT2D eigenvalue weighted by molar-refractivity contribution is -0.119. The summed E-state index contributed by atoms with van der Waals surface area (Å²) in [4.78, 5) is 9.65. The minimum Gasteiger partial charge on any atom is -0.368 e. The first-order chi connectivity index (χ1) is 2.77. The van der Waals surface area contributed by atoms with Crippen LogP contribution in [0.15, 0.2) is 0 Å². The van der Waals surface area contributed by atoms with Gasteiger partial charge in [-0.25, -0.2) is 0 Å². The molecule has 0 aliphatic heterocycles. The van der Waals surface area contributed by atoms with Crippen LogP contribution in [0.5, 0.6) is 0 Å². The number of nitrogens with two attached hydrogens (primary N) is 1. The van der Waals surface area contributed by atoms with Gasteiger partial charge < -0.3 is 9.92 Å². The van der Waals surface area contributed by atoms with Crippen molar-refractivity contribution < 1.29 is 8.98 Å². The van der Waals surface area contributed by atoms with Crippen molar-refractivity contribution in [2.45, 2.75) is 0 Å². The molecule has 3 nitrogen and oxygen atoms in total. The van der Waals surface area contributed by atoms with Gasteiger partial charge in [0, 0.05) is 0 Å². The Labute approximate surface area is 41.1 Å². The second-order valence-corrected chi connectivity index (χ2v) is 0.998. The van der Waals surface area contributed by atoms with Crippen LogP contribution in [0.3, 0.4) is 0 Å². The lowest BCUT2D eigenvalue weighted by Crippen LogP contribution is -2.15. The summed E-state index contributed by atoms with van der Waals surface area (Å²) in [6.45, 7) is -0.122. The molecule has 0 bridgehead atoms. The molecule has 0 radical (unpaired) electrons. The number of carbonyl (C=O) groups excluding carboxylic acids is 1. The maximum absolute atomic E-state index is 9.65. The molecule has 0 saturated heterocycles. The molecule has 6 heavy (non-hydrogen) atoms. The van der Waals surface area contributed by atoms with Crippen LogP contribution in [0.1, 0.15) is 0 Å². The Bertz CT molecular complexity index is 55.5. The van der Waals surface area contributed by atoms with Crippen LogP contribution in [-0.2, 0) is 8.98 Å².